The van der Waals surface area contributed by atoms with Crippen LogP contribution in [0.15, 0.2) is 53.5 Å². The molecular weight excluding hydrogens is 415 g/mol. The van der Waals surface area contributed by atoms with Crippen molar-refractivity contribution in [3.63, 3.8) is 0 Å². The number of aliphatic imine (C=N–C) groups is 1. The first-order chi connectivity index (χ1) is 12.7. The maximum absolute atomic E-state index is 12.9. The molecule has 3 nitrogen and oxygen atoms in total. The number of nitrogens with one attached hydrogen (secondary N) is 1. The van der Waals surface area contributed by atoms with Gasteiger partial charge in [0.15, 0.2) is 10.3 Å². The first-order valence-electron chi connectivity index (χ1n) is 7.99. The number of benzene rings is 2. The van der Waals surface area contributed by atoms with E-state index in [1.807, 2.05) is 13.0 Å². The van der Waals surface area contributed by atoms with Crippen LogP contribution in [0.3, 0.4) is 0 Å². The van der Waals surface area contributed by atoms with E-state index in [1.54, 1.807) is 23.1 Å². The third kappa shape index (κ3) is 5.15. The molecule has 0 amide bonds. The first kappa shape index (κ1) is 20.0. The Labute approximate surface area is 169 Å². The van der Waals surface area contributed by atoms with Crippen LogP contribution in [-0.2, 0) is 6.18 Å². The second-order valence-corrected chi connectivity index (χ2v) is 8.15. The number of nitrogens with zero attached hydrogens (tertiary/aromatic N) is 2. The molecule has 9 heteroatoms. The highest BCUT2D eigenvalue weighted by atomic mass is 35.5. The second kappa shape index (κ2) is 8.08. The van der Waals surface area contributed by atoms with Crippen LogP contribution >= 0.6 is 35.6 Å². The molecule has 2 aromatic rings. The minimum Gasteiger partial charge on any atom is -0.332 e. The number of thiocarbonyl (C=S) groups is 1. The number of halogens is 4. The van der Waals surface area contributed by atoms with Crippen LogP contribution < -0.4 is 5.32 Å². The van der Waals surface area contributed by atoms with Crippen LogP contribution in [0.4, 0.5) is 24.5 Å². The van der Waals surface area contributed by atoms with Gasteiger partial charge in [-0.25, -0.2) is 4.99 Å². The van der Waals surface area contributed by atoms with Gasteiger partial charge in [-0.3, -0.25) is 4.90 Å². The van der Waals surface area contributed by atoms with Gasteiger partial charge in [-0.05, 0) is 48.6 Å². The maximum Gasteiger partial charge on any atom is 0.416 e. The first-order valence-corrected chi connectivity index (χ1v) is 9.65. The van der Waals surface area contributed by atoms with Crippen molar-refractivity contribution in [2.24, 2.45) is 4.99 Å². The fourth-order valence-corrected chi connectivity index (χ4v) is 4.05. The molecule has 3 rings (SSSR count). The zero-order chi connectivity index (χ0) is 19.6. The van der Waals surface area contributed by atoms with Gasteiger partial charge in [0.1, 0.15) is 0 Å². The summed E-state index contributed by atoms with van der Waals surface area (Å²) in [5.41, 5.74) is 0.235. The molecule has 1 heterocycles. The lowest BCUT2D eigenvalue weighted by atomic mass is 10.2. The van der Waals surface area contributed by atoms with Crippen molar-refractivity contribution in [1.82, 2.24) is 4.90 Å². The van der Waals surface area contributed by atoms with Crippen LogP contribution in [0.2, 0.25) is 5.02 Å². The Morgan fingerprint density at radius 3 is 2.70 bits per heavy atom. The highest BCUT2D eigenvalue weighted by molar-refractivity contribution is 8.14. The van der Waals surface area contributed by atoms with Crippen molar-refractivity contribution in [2.75, 3.05) is 11.9 Å². The molecule has 0 bridgehead atoms. The molecule has 27 heavy (non-hydrogen) atoms. The lowest BCUT2D eigenvalue weighted by molar-refractivity contribution is -0.137. The molecule has 1 saturated heterocycles. The minimum absolute atomic E-state index is 0.202. The highest BCUT2D eigenvalue weighted by Crippen LogP contribution is 2.33. The van der Waals surface area contributed by atoms with Crippen LogP contribution in [0.25, 0.3) is 0 Å². The molecule has 0 spiro atoms. The van der Waals surface area contributed by atoms with Crippen molar-refractivity contribution in [3.8, 4) is 0 Å². The summed E-state index contributed by atoms with van der Waals surface area (Å²) < 4.78 is 38.8. The monoisotopic (exact) mass is 429 g/mol. The fraction of sp³-hybridized carbons (Fsp3) is 0.222. The molecular formula is C18H15ClF3N3S2. The molecule has 1 N–H and O–H groups in total. The summed E-state index contributed by atoms with van der Waals surface area (Å²) >= 11 is 12.9. The van der Waals surface area contributed by atoms with E-state index in [2.05, 4.69) is 10.3 Å². The smallest absolute Gasteiger partial charge is 0.332 e. The van der Waals surface area contributed by atoms with Gasteiger partial charge in [-0.1, -0.05) is 42.4 Å². The zero-order valence-electron chi connectivity index (χ0n) is 14.1. The minimum atomic E-state index is -4.41. The van der Waals surface area contributed by atoms with Crippen molar-refractivity contribution in [1.29, 1.82) is 0 Å². The van der Waals surface area contributed by atoms with Crippen molar-refractivity contribution in [2.45, 2.75) is 18.3 Å². The van der Waals surface area contributed by atoms with Gasteiger partial charge in [-0.15, -0.1) is 0 Å². The Morgan fingerprint density at radius 2 is 2.00 bits per heavy atom. The number of hydrogen-bond donors (Lipinski definition) is 1. The molecule has 0 aromatic heterocycles. The third-order valence-corrected chi connectivity index (χ3v) is 5.33. The van der Waals surface area contributed by atoms with E-state index in [0.29, 0.717) is 21.8 Å². The maximum atomic E-state index is 12.9. The van der Waals surface area contributed by atoms with Crippen LogP contribution in [0.5, 0.6) is 0 Å². The summed E-state index contributed by atoms with van der Waals surface area (Å²) in [6.07, 6.45) is -4.41. The summed E-state index contributed by atoms with van der Waals surface area (Å²) in [7, 11) is 0. The Morgan fingerprint density at radius 1 is 1.26 bits per heavy atom. The molecule has 1 aliphatic rings. The van der Waals surface area contributed by atoms with Gasteiger partial charge < -0.3 is 5.32 Å². The summed E-state index contributed by atoms with van der Waals surface area (Å²) in [6.45, 7) is 2.61. The number of amidine groups is 1. The average molecular weight is 430 g/mol. The van der Waals surface area contributed by atoms with Crippen molar-refractivity contribution < 1.29 is 13.2 Å². The SMILES string of the molecule is CC1CN(C(=S)Nc2cccc(Cl)c2)C(=Nc2cccc(C(F)(F)F)c2)S1. The largest absolute Gasteiger partial charge is 0.416 e. The molecule has 1 atom stereocenters. The standard InChI is InChI=1S/C18H15ClF3N3S2/c1-11-10-25(16(26)23-15-7-3-5-13(19)9-15)17(27-11)24-14-6-2-4-12(8-14)18(20,21)22/h2-9,11H,10H2,1H3,(H,23,26). The van der Waals surface area contributed by atoms with E-state index in [9.17, 15) is 13.2 Å². The fourth-order valence-electron chi connectivity index (χ4n) is 2.49. The van der Waals surface area contributed by atoms with E-state index >= 15 is 0 Å². The van der Waals surface area contributed by atoms with E-state index in [0.717, 1.165) is 17.8 Å². The van der Waals surface area contributed by atoms with E-state index in [1.165, 1.54) is 23.9 Å². The van der Waals surface area contributed by atoms with Crippen LogP contribution in [-0.4, -0.2) is 27.0 Å². The Balaban J connectivity index is 1.83. The molecule has 1 unspecified atom stereocenters. The Hall–Kier alpha value is -1.77. The third-order valence-electron chi connectivity index (χ3n) is 3.70. The molecule has 2 aromatic carbocycles. The number of anilines is 1. The van der Waals surface area contributed by atoms with Gasteiger partial charge >= 0.3 is 6.18 Å². The van der Waals surface area contributed by atoms with E-state index in [-0.39, 0.29) is 10.9 Å². The summed E-state index contributed by atoms with van der Waals surface area (Å²) in [5, 5.41) is 4.85. The van der Waals surface area contributed by atoms with Gasteiger partial charge in [0.2, 0.25) is 0 Å². The molecule has 1 aliphatic heterocycles. The summed E-state index contributed by atoms with van der Waals surface area (Å²) in [5.74, 6) is 0. The molecule has 0 saturated carbocycles. The highest BCUT2D eigenvalue weighted by Gasteiger charge is 2.31. The molecule has 142 valence electrons. The van der Waals surface area contributed by atoms with Gasteiger partial charge in [0, 0.05) is 22.5 Å². The number of thioether (sulfide) groups is 1. The number of hydrogen-bond acceptors (Lipinski definition) is 3. The average Bonchev–Trinajstić information content (AvgIpc) is 2.95. The van der Waals surface area contributed by atoms with Crippen LogP contribution in [0.1, 0.15) is 12.5 Å². The second-order valence-electron chi connectivity index (χ2n) is 5.92. The summed E-state index contributed by atoms with van der Waals surface area (Å²) in [4.78, 5) is 6.18. The lowest BCUT2D eigenvalue weighted by Gasteiger charge is -2.20. The lowest BCUT2D eigenvalue weighted by Crippen LogP contribution is -2.36. The molecule has 1 fully saturated rings. The summed E-state index contributed by atoms with van der Waals surface area (Å²) in [6, 6.07) is 12.1. The number of rotatable bonds is 2. The van der Waals surface area contributed by atoms with Gasteiger partial charge in [0.05, 0.1) is 11.3 Å². The zero-order valence-corrected chi connectivity index (χ0v) is 16.5. The predicted molar refractivity (Wildman–Crippen MR) is 110 cm³/mol. The Kier molecular flexibility index (Phi) is 5.98. The molecule has 0 radical (unpaired) electrons. The van der Waals surface area contributed by atoms with Crippen molar-refractivity contribution >= 4 is 57.2 Å². The Bertz CT molecular complexity index is 886. The van der Waals surface area contributed by atoms with Crippen molar-refractivity contribution in [3.05, 3.63) is 59.1 Å². The van der Waals surface area contributed by atoms with Gasteiger partial charge in [-0.2, -0.15) is 13.2 Å². The van der Waals surface area contributed by atoms with Crippen LogP contribution in [0, 0.1) is 0 Å². The molecule has 0 aliphatic carbocycles. The van der Waals surface area contributed by atoms with Gasteiger partial charge in [0.25, 0.3) is 0 Å². The topological polar surface area (TPSA) is 27.6 Å². The predicted octanol–water partition coefficient (Wildman–Crippen LogP) is 6.18. The number of alkyl halides is 3. The van der Waals surface area contributed by atoms with E-state index in [4.69, 9.17) is 23.8 Å². The normalized spacial score (nSPS) is 18.8. The quantitative estimate of drug-likeness (QED) is 0.577. The van der Waals surface area contributed by atoms with E-state index < -0.39 is 11.7 Å².